The SMILES string of the molecule is c1ccc2c(c1)ccc1ccc(-c3ccc4cc(-c5ccc6c(c5)c5ccccc5c5cc7c(cc65)oc5ccc6ccccc6c57)ccc4c3)cc12. The molecule has 0 radical (unpaired) electrons. The molecule has 0 unspecified atom stereocenters. The van der Waals surface area contributed by atoms with Crippen LogP contribution in [0.25, 0.3) is 120 Å². The Morgan fingerprint density at radius 1 is 0.226 bits per heavy atom. The van der Waals surface area contributed by atoms with Crippen LogP contribution in [-0.2, 0) is 0 Å². The van der Waals surface area contributed by atoms with Crippen molar-refractivity contribution in [3.8, 4) is 22.3 Å². The lowest BCUT2D eigenvalue weighted by atomic mass is 9.90. The molecule has 12 rings (SSSR count). The molecule has 0 atom stereocenters. The Balaban J connectivity index is 0.993. The van der Waals surface area contributed by atoms with Crippen LogP contribution >= 0.6 is 0 Å². The van der Waals surface area contributed by atoms with Gasteiger partial charge in [0.2, 0.25) is 0 Å². The van der Waals surface area contributed by atoms with Gasteiger partial charge in [0.25, 0.3) is 0 Å². The Morgan fingerprint density at radius 3 is 1.40 bits per heavy atom. The molecule has 244 valence electrons. The maximum absolute atomic E-state index is 6.54. The summed E-state index contributed by atoms with van der Waals surface area (Å²) in [6, 6.07) is 67.0. The van der Waals surface area contributed by atoms with E-state index in [-0.39, 0.29) is 0 Å². The van der Waals surface area contributed by atoms with Gasteiger partial charge < -0.3 is 4.42 Å². The van der Waals surface area contributed by atoms with Crippen LogP contribution in [0.2, 0.25) is 0 Å². The first-order chi connectivity index (χ1) is 26.2. The third-order valence-corrected chi connectivity index (χ3v) is 11.6. The zero-order valence-electron chi connectivity index (χ0n) is 28.7. The standard InChI is InChI=1S/C52H30O/c1-3-9-40-31(7-1)13-14-33-15-16-38(27-45(33)40)36-19-17-35-26-37(20-18-34(35)25-36)39-21-23-44-46(28-39)42-11-5-6-12-43(42)47-29-49-51(30-48(44)47)53-50-24-22-32-8-2-4-10-41(32)52(49)50/h1-30H. The minimum Gasteiger partial charge on any atom is -0.456 e. The van der Waals surface area contributed by atoms with Crippen LogP contribution in [0.15, 0.2) is 186 Å². The van der Waals surface area contributed by atoms with Crippen molar-refractivity contribution < 1.29 is 4.42 Å². The summed E-state index contributed by atoms with van der Waals surface area (Å²) in [5.41, 5.74) is 6.76. The number of hydrogen-bond donors (Lipinski definition) is 0. The third-order valence-electron chi connectivity index (χ3n) is 11.6. The summed E-state index contributed by atoms with van der Waals surface area (Å²) in [7, 11) is 0. The molecule has 0 bridgehead atoms. The van der Waals surface area contributed by atoms with Crippen LogP contribution < -0.4 is 0 Å². The van der Waals surface area contributed by atoms with E-state index < -0.39 is 0 Å². The summed E-state index contributed by atoms with van der Waals surface area (Å²) in [6.45, 7) is 0. The second-order valence-electron chi connectivity index (χ2n) is 14.5. The number of furan rings is 1. The molecule has 0 aliphatic heterocycles. The topological polar surface area (TPSA) is 13.1 Å². The first-order valence-electron chi connectivity index (χ1n) is 18.3. The fourth-order valence-corrected chi connectivity index (χ4v) is 8.96. The molecule has 0 aliphatic carbocycles. The molecule has 1 heteroatoms. The van der Waals surface area contributed by atoms with Gasteiger partial charge in [-0.25, -0.2) is 0 Å². The van der Waals surface area contributed by atoms with Crippen molar-refractivity contribution in [1.29, 1.82) is 0 Å². The Labute approximate surface area is 304 Å². The van der Waals surface area contributed by atoms with Crippen molar-refractivity contribution in [3.05, 3.63) is 182 Å². The zero-order valence-corrected chi connectivity index (χ0v) is 28.7. The highest BCUT2D eigenvalue weighted by Gasteiger charge is 2.16. The fraction of sp³-hybridized carbons (Fsp3) is 0. The van der Waals surface area contributed by atoms with Crippen LogP contribution in [-0.4, -0.2) is 0 Å². The Morgan fingerprint density at radius 2 is 0.679 bits per heavy atom. The van der Waals surface area contributed by atoms with E-state index in [0.717, 1.165) is 11.2 Å². The average Bonchev–Trinajstić information content (AvgIpc) is 3.60. The molecule has 1 aromatic heterocycles. The number of fused-ring (bicyclic) bond motifs is 15. The number of rotatable bonds is 2. The van der Waals surface area contributed by atoms with E-state index in [9.17, 15) is 0 Å². The first-order valence-corrected chi connectivity index (χ1v) is 18.3. The fourth-order valence-electron chi connectivity index (χ4n) is 8.96. The van der Waals surface area contributed by atoms with Crippen molar-refractivity contribution >= 4 is 97.3 Å². The Bertz CT molecular complexity index is 3510. The van der Waals surface area contributed by atoms with E-state index in [1.165, 1.54) is 108 Å². The van der Waals surface area contributed by atoms with Gasteiger partial charge in [0.05, 0.1) is 0 Å². The third kappa shape index (κ3) is 4.25. The number of benzene rings is 11. The van der Waals surface area contributed by atoms with Crippen LogP contribution in [0.3, 0.4) is 0 Å². The maximum atomic E-state index is 6.54. The van der Waals surface area contributed by atoms with E-state index in [1.54, 1.807) is 0 Å². The quantitative estimate of drug-likeness (QED) is 0.167. The van der Waals surface area contributed by atoms with Gasteiger partial charge in [0, 0.05) is 10.8 Å². The summed E-state index contributed by atoms with van der Waals surface area (Å²) >= 11 is 0. The van der Waals surface area contributed by atoms with Crippen molar-refractivity contribution in [1.82, 2.24) is 0 Å². The summed E-state index contributed by atoms with van der Waals surface area (Å²) in [4.78, 5) is 0. The van der Waals surface area contributed by atoms with Gasteiger partial charge in [0.1, 0.15) is 11.2 Å². The van der Waals surface area contributed by atoms with Crippen molar-refractivity contribution in [2.45, 2.75) is 0 Å². The van der Waals surface area contributed by atoms with Crippen LogP contribution in [0, 0.1) is 0 Å². The highest BCUT2D eigenvalue weighted by molar-refractivity contribution is 6.30. The molecule has 12 aromatic rings. The Hall–Kier alpha value is -6.96. The summed E-state index contributed by atoms with van der Waals surface area (Å²) in [5, 5.41) is 19.9. The summed E-state index contributed by atoms with van der Waals surface area (Å²) in [5.74, 6) is 0. The molecule has 0 saturated heterocycles. The minimum atomic E-state index is 0.926. The molecular formula is C52H30O. The van der Waals surface area contributed by atoms with Crippen LogP contribution in [0.4, 0.5) is 0 Å². The van der Waals surface area contributed by atoms with E-state index in [0.29, 0.717) is 0 Å². The predicted octanol–water partition coefficient (Wildman–Crippen LogP) is 15.0. The van der Waals surface area contributed by atoms with Crippen LogP contribution in [0.5, 0.6) is 0 Å². The number of hydrogen-bond acceptors (Lipinski definition) is 1. The van der Waals surface area contributed by atoms with Crippen molar-refractivity contribution in [2.75, 3.05) is 0 Å². The second-order valence-corrected chi connectivity index (χ2v) is 14.5. The molecule has 0 spiro atoms. The van der Waals surface area contributed by atoms with Gasteiger partial charge in [0.15, 0.2) is 0 Å². The van der Waals surface area contributed by atoms with E-state index >= 15 is 0 Å². The highest BCUT2D eigenvalue weighted by atomic mass is 16.3. The lowest BCUT2D eigenvalue weighted by Crippen LogP contribution is -1.86. The molecule has 0 amide bonds. The molecule has 1 heterocycles. The van der Waals surface area contributed by atoms with E-state index in [2.05, 4.69) is 182 Å². The van der Waals surface area contributed by atoms with Gasteiger partial charge in [-0.15, -0.1) is 0 Å². The van der Waals surface area contributed by atoms with E-state index in [4.69, 9.17) is 4.42 Å². The minimum absolute atomic E-state index is 0.926. The molecule has 11 aromatic carbocycles. The molecule has 0 aliphatic rings. The summed E-state index contributed by atoms with van der Waals surface area (Å²) < 4.78 is 6.54. The lowest BCUT2D eigenvalue weighted by Gasteiger charge is -2.13. The predicted molar refractivity (Wildman–Crippen MR) is 227 cm³/mol. The molecule has 0 N–H and O–H groups in total. The van der Waals surface area contributed by atoms with Gasteiger partial charge in [-0.3, -0.25) is 0 Å². The smallest absolute Gasteiger partial charge is 0.136 e. The normalized spacial score (nSPS) is 12.2. The van der Waals surface area contributed by atoms with Gasteiger partial charge in [-0.1, -0.05) is 140 Å². The Kier molecular flexibility index (Phi) is 5.84. The highest BCUT2D eigenvalue weighted by Crippen LogP contribution is 2.43. The molecule has 53 heavy (non-hydrogen) atoms. The zero-order chi connectivity index (χ0) is 34.6. The molecule has 1 nitrogen and oxygen atoms in total. The summed E-state index contributed by atoms with van der Waals surface area (Å²) in [6.07, 6.45) is 0. The van der Waals surface area contributed by atoms with Gasteiger partial charge in [-0.2, -0.15) is 0 Å². The monoisotopic (exact) mass is 670 g/mol. The van der Waals surface area contributed by atoms with Crippen LogP contribution in [0.1, 0.15) is 0 Å². The largest absolute Gasteiger partial charge is 0.456 e. The molecule has 0 fully saturated rings. The van der Waals surface area contributed by atoms with E-state index in [1.807, 2.05) is 0 Å². The van der Waals surface area contributed by atoms with Gasteiger partial charge >= 0.3 is 0 Å². The van der Waals surface area contributed by atoms with Crippen molar-refractivity contribution in [2.24, 2.45) is 0 Å². The molecular weight excluding hydrogens is 641 g/mol. The first kappa shape index (κ1) is 28.7. The average molecular weight is 671 g/mol. The lowest BCUT2D eigenvalue weighted by molar-refractivity contribution is 0.670. The van der Waals surface area contributed by atoms with Gasteiger partial charge in [-0.05, 0) is 140 Å². The molecule has 0 saturated carbocycles. The maximum Gasteiger partial charge on any atom is 0.136 e. The second kappa shape index (κ2) is 10.8. The van der Waals surface area contributed by atoms with Crippen molar-refractivity contribution in [3.63, 3.8) is 0 Å².